The molecule has 0 atom stereocenters. The van der Waals surface area contributed by atoms with Gasteiger partial charge in [-0.05, 0) is 57.7 Å². The van der Waals surface area contributed by atoms with Gasteiger partial charge in [-0.25, -0.2) is 4.98 Å². The van der Waals surface area contributed by atoms with Gasteiger partial charge in [0.15, 0.2) is 5.13 Å². The highest BCUT2D eigenvalue weighted by Gasteiger charge is 2.20. The summed E-state index contributed by atoms with van der Waals surface area (Å²) in [6, 6.07) is 13.7. The van der Waals surface area contributed by atoms with Crippen LogP contribution in [0.4, 0.5) is 5.13 Å². The highest BCUT2D eigenvalue weighted by molar-refractivity contribution is 7.22. The zero-order valence-corrected chi connectivity index (χ0v) is 18.7. The van der Waals surface area contributed by atoms with Gasteiger partial charge in [0.05, 0.1) is 16.6 Å². The summed E-state index contributed by atoms with van der Waals surface area (Å²) in [5.74, 6) is 0.0736. The number of rotatable bonds is 7. The van der Waals surface area contributed by atoms with E-state index in [4.69, 9.17) is 11.6 Å². The van der Waals surface area contributed by atoms with Gasteiger partial charge >= 0.3 is 0 Å². The van der Waals surface area contributed by atoms with Crippen molar-refractivity contribution in [1.82, 2.24) is 9.88 Å². The fourth-order valence-electron chi connectivity index (χ4n) is 2.97. The molecule has 0 saturated heterocycles. The van der Waals surface area contributed by atoms with Crippen molar-refractivity contribution < 1.29 is 4.79 Å². The van der Waals surface area contributed by atoms with Gasteiger partial charge < -0.3 is 4.90 Å². The van der Waals surface area contributed by atoms with Crippen molar-refractivity contribution in [2.75, 3.05) is 32.1 Å². The lowest BCUT2D eigenvalue weighted by atomic mass is 10.1. The van der Waals surface area contributed by atoms with Crippen molar-refractivity contribution in [3.63, 3.8) is 0 Å². The number of fused-ring (bicyclic) bond motifs is 1. The van der Waals surface area contributed by atoms with Gasteiger partial charge in [-0.3, -0.25) is 9.69 Å². The summed E-state index contributed by atoms with van der Waals surface area (Å²) >= 11 is 7.62. The van der Waals surface area contributed by atoms with E-state index in [-0.39, 0.29) is 18.3 Å². The van der Waals surface area contributed by atoms with Crippen molar-refractivity contribution in [2.45, 2.75) is 19.8 Å². The van der Waals surface area contributed by atoms with Crippen molar-refractivity contribution in [1.29, 1.82) is 0 Å². The lowest BCUT2D eigenvalue weighted by molar-refractivity contribution is -0.118. The molecular formula is C21H25Cl2N3OS. The van der Waals surface area contributed by atoms with Crippen molar-refractivity contribution in [2.24, 2.45) is 0 Å². The third-order valence-electron chi connectivity index (χ3n) is 4.30. The van der Waals surface area contributed by atoms with Crippen molar-refractivity contribution in [3.05, 3.63) is 58.6 Å². The smallest absolute Gasteiger partial charge is 0.233 e. The fraction of sp³-hybridized carbons (Fsp3) is 0.333. The summed E-state index contributed by atoms with van der Waals surface area (Å²) in [6.45, 7) is 3.61. The zero-order valence-electron chi connectivity index (χ0n) is 16.3. The predicted molar refractivity (Wildman–Crippen MR) is 122 cm³/mol. The highest BCUT2D eigenvalue weighted by atomic mass is 35.5. The number of hydrogen-bond acceptors (Lipinski definition) is 4. The molecular weight excluding hydrogens is 413 g/mol. The van der Waals surface area contributed by atoms with Gasteiger partial charge in [-0.2, -0.15) is 0 Å². The van der Waals surface area contributed by atoms with Gasteiger partial charge in [-0.1, -0.05) is 52.8 Å². The second-order valence-corrected chi connectivity index (χ2v) is 8.42. The lowest BCUT2D eigenvalue weighted by Crippen LogP contribution is -2.34. The first-order chi connectivity index (χ1) is 12.9. The van der Waals surface area contributed by atoms with Crippen LogP contribution in [0.25, 0.3) is 10.2 Å². The Morgan fingerprint density at radius 3 is 2.64 bits per heavy atom. The summed E-state index contributed by atoms with van der Waals surface area (Å²) in [5, 5.41) is 1.42. The van der Waals surface area contributed by atoms with Gasteiger partial charge in [-0.15, -0.1) is 12.4 Å². The number of benzene rings is 2. The fourth-order valence-corrected chi connectivity index (χ4v) is 4.25. The quantitative estimate of drug-likeness (QED) is 0.508. The first kappa shape index (κ1) is 22.6. The molecule has 2 aromatic carbocycles. The van der Waals surface area contributed by atoms with Gasteiger partial charge in [0.1, 0.15) is 0 Å². The summed E-state index contributed by atoms with van der Waals surface area (Å²) in [7, 11) is 4.08. The lowest BCUT2D eigenvalue weighted by Gasteiger charge is -2.21. The van der Waals surface area contributed by atoms with E-state index in [9.17, 15) is 4.79 Å². The van der Waals surface area contributed by atoms with E-state index >= 15 is 0 Å². The van der Waals surface area contributed by atoms with Crippen molar-refractivity contribution >= 4 is 56.6 Å². The second kappa shape index (κ2) is 10.2. The van der Waals surface area contributed by atoms with Crippen LogP contribution in [0.15, 0.2) is 42.5 Å². The number of halogens is 2. The Morgan fingerprint density at radius 1 is 1.14 bits per heavy atom. The molecule has 0 spiro atoms. The Labute approximate surface area is 181 Å². The molecule has 3 aromatic rings. The van der Waals surface area contributed by atoms with Crippen LogP contribution < -0.4 is 4.90 Å². The van der Waals surface area contributed by atoms with Gasteiger partial charge in [0.2, 0.25) is 5.91 Å². The van der Waals surface area contributed by atoms with E-state index in [1.807, 2.05) is 62.3 Å². The third-order valence-corrected chi connectivity index (χ3v) is 5.57. The van der Waals surface area contributed by atoms with Crippen LogP contribution in [0.5, 0.6) is 0 Å². The Kier molecular flexibility index (Phi) is 8.25. The maximum atomic E-state index is 13.1. The predicted octanol–water partition coefficient (Wildman–Crippen LogP) is 5.21. The molecule has 1 amide bonds. The molecule has 0 saturated carbocycles. The molecule has 7 heteroatoms. The summed E-state index contributed by atoms with van der Waals surface area (Å²) in [6.07, 6.45) is 1.27. The van der Waals surface area contributed by atoms with Crippen LogP contribution in [0.1, 0.15) is 17.5 Å². The molecule has 0 aliphatic heterocycles. The standard InChI is InChI=1S/C21H24ClN3OS.ClH/c1-15-6-4-7-16(12-15)13-20(26)25(11-5-10-24(2)3)21-23-18-9-8-17(22)14-19(18)27-21;/h4,6-9,12,14H,5,10-11,13H2,1-3H3;1H. The maximum Gasteiger partial charge on any atom is 0.233 e. The molecule has 1 aromatic heterocycles. The first-order valence-corrected chi connectivity index (χ1v) is 10.2. The van der Waals surface area contributed by atoms with E-state index in [2.05, 4.69) is 16.0 Å². The molecule has 0 unspecified atom stereocenters. The minimum Gasteiger partial charge on any atom is -0.309 e. The summed E-state index contributed by atoms with van der Waals surface area (Å²) in [5.41, 5.74) is 3.07. The number of aromatic nitrogens is 1. The van der Waals surface area contributed by atoms with E-state index < -0.39 is 0 Å². The third kappa shape index (κ3) is 5.92. The monoisotopic (exact) mass is 437 g/mol. The van der Waals surface area contributed by atoms with E-state index in [0.717, 1.165) is 39.4 Å². The van der Waals surface area contributed by atoms with E-state index in [0.29, 0.717) is 18.0 Å². The summed E-state index contributed by atoms with van der Waals surface area (Å²) < 4.78 is 0.999. The molecule has 0 aliphatic rings. The number of anilines is 1. The average molecular weight is 438 g/mol. The molecule has 28 heavy (non-hydrogen) atoms. The van der Waals surface area contributed by atoms with Crippen LogP contribution in [-0.4, -0.2) is 43.0 Å². The number of thiazole rings is 1. The molecule has 3 rings (SSSR count). The Hall–Kier alpha value is -1.66. The average Bonchev–Trinajstić information content (AvgIpc) is 3.01. The van der Waals surface area contributed by atoms with Crippen molar-refractivity contribution in [3.8, 4) is 0 Å². The number of amides is 1. The maximum absolute atomic E-state index is 13.1. The zero-order chi connectivity index (χ0) is 19.4. The number of carbonyl (C=O) groups is 1. The highest BCUT2D eigenvalue weighted by Crippen LogP contribution is 2.31. The molecule has 0 radical (unpaired) electrons. The first-order valence-electron chi connectivity index (χ1n) is 8.99. The van der Waals surface area contributed by atoms with Gasteiger partial charge in [0, 0.05) is 11.6 Å². The molecule has 150 valence electrons. The van der Waals surface area contributed by atoms with Gasteiger partial charge in [0.25, 0.3) is 0 Å². The van der Waals surface area contributed by atoms with E-state index in [1.165, 1.54) is 11.3 Å². The minimum atomic E-state index is 0. The Balaban J connectivity index is 0.00000280. The normalized spacial score (nSPS) is 10.9. The van der Waals surface area contributed by atoms with Crippen LogP contribution in [0, 0.1) is 6.92 Å². The number of carbonyl (C=O) groups excluding carboxylic acids is 1. The molecule has 1 heterocycles. The topological polar surface area (TPSA) is 36.4 Å². The molecule has 0 bridgehead atoms. The molecule has 0 N–H and O–H groups in total. The second-order valence-electron chi connectivity index (χ2n) is 6.98. The SMILES string of the molecule is Cc1cccc(CC(=O)N(CCCN(C)C)c2nc3ccc(Cl)cc3s2)c1.Cl. The Bertz CT molecular complexity index is 942. The van der Waals surface area contributed by atoms with Crippen LogP contribution >= 0.6 is 35.3 Å². The van der Waals surface area contributed by atoms with Crippen LogP contribution in [0.2, 0.25) is 5.02 Å². The van der Waals surface area contributed by atoms with Crippen LogP contribution in [-0.2, 0) is 11.2 Å². The number of hydrogen-bond donors (Lipinski definition) is 0. The molecule has 0 aliphatic carbocycles. The Morgan fingerprint density at radius 2 is 1.93 bits per heavy atom. The van der Waals surface area contributed by atoms with E-state index in [1.54, 1.807) is 0 Å². The summed E-state index contributed by atoms with van der Waals surface area (Å²) in [4.78, 5) is 21.7. The number of nitrogens with zero attached hydrogens (tertiary/aromatic N) is 3. The minimum absolute atomic E-state index is 0. The molecule has 4 nitrogen and oxygen atoms in total. The largest absolute Gasteiger partial charge is 0.309 e. The molecule has 0 fully saturated rings. The van der Waals surface area contributed by atoms with Crippen LogP contribution in [0.3, 0.4) is 0 Å². The number of aryl methyl sites for hydroxylation is 1.